The van der Waals surface area contributed by atoms with Crippen molar-refractivity contribution in [2.24, 2.45) is 0 Å². The monoisotopic (exact) mass is 136 g/mol. The van der Waals surface area contributed by atoms with Crippen LogP contribution in [0.5, 0.6) is 0 Å². The van der Waals surface area contributed by atoms with Gasteiger partial charge < -0.3 is 9.47 Å². The molecule has 0 N–H and O–H groups in total. The molecule has 3 aliphatic rings. The molecule has 2 bridgehead atoms. The van der Waals surface area contributed by atoms with E-state index in [0.29, 0.717) is 12.7 Å². The standard InChI is InChI=1S/C8H8O2/c1-2-8-5-9-4-6(8)3-7(1)10-8/h1-2,4,7H,3,5H2/t7-,8-/m0/s1. The second-order valence-electron chi connectivity index (χ2n) is 3.06. The summed E-state index contributed by atoms with van der Waals surface area (Å²) in [5.74, 6) is 0. The summed E-state index contributed by atoms with van der Waals surface area (Å²) in [6.45, 7) is 0.690. The van der Waals surface area contributed by atoms with Gasteiger partial charge in [0.2, 0.25) is 0 Å². The van der Waals surface area contributed by atoms with E-state index in [0.717, 1.165) is 6.42 Å². The second-order valence-corrected chi connectivity index (χ2v) is 3.06. The maximum Gasteiger partial charge on any atom is 0.145 e. The van der Waals surface area contributed by atoms with Gasteiger partial charge in [-0.1, -0.05) is 6.08 Å². The summed E-state index contributed by atoms with van der Waals surface area (Å²) in [7, 11) is 0. The fraction of sp³-hybridized carbons (Fsp3) is 0.500. The van der Waals surface area contributed by atoms with Gasteiger partial charge in [-0.3, -0.25) is 0 Å². The van der Waals surface area contributed by atoms with Crippen LogP contribution in [-0.4, -0.2) is 18.3 Å². The summed E-state index contributed by atoms with van der Waals surface area (Å²) in [6, 6.07) is 0. The molecule has 10 heavy (non-hydrogen) atoms. The van der Waals surface area contributed by atoms with Crippen molar-refractivity contribution in [1.82, 2.24) is 0 Å². The number of hydrogen-bond acceptors (Lipinski definition) is 2. The summed E-state index contributed by atoms with van der Waals surface area (Å²) >= 11 is 0. The van der Waals surface area contributed by atoms with Crippen LogP contribution in [-0.2, 0) is 9.47 Å². The number of fused-ring (bicyclic) bond motifs is 1. The minimum atomic E-state index is -0.120. The predicted octanol–water partition coefficient (Wildman–Crippen LogP) is 0.998. The Balaban J connectivity index is 2.18. The van der Waals surface area contributed by atoms with Crippen LogP contribution < -0.4 is 0 Å². The zero-order valence-corrected chi connectivity index (χ0v) is 5.54. The van der Waals surface area contributed by atoms with Gasteiger partial charge in [0.05, 0.1) is 12.4 Å². The normalized spacial score (nSPS) is 47.2. The van der Waals surface area contributed by atoms with Gasteiger partial charge in [-0.2, -0.15) is 0 Å². The first-order chi connectivity index (χ1) is 4.89. The van der Waals surface area contributed by atoms with E-state index >= 15 is 0 Å². The Labute approximate surface area is 59.1 Å². The van der Waals surface area contributed by atoms with Gasteiger partial charge in [0.25, 0.3) is 0 Å². The summed E-state index contributed by atoms with van der Waals surface area (Å²) in [5, 5.41) is 0. The Bertz CT molecular complexity index is 242. The largest absolute Gasteiger partial charge is 0.497 e. The van der Waals surface area contributed by atoms with E-state index in [9.17, 15) is 0 Å². The number of hydrogen-bond donors (Lipinski definition) is 0. The van der Waals surface area contributed by atoms with E-state index in [1.807, 2.05) is 6.26 Å². The van der Waals surface area contributed by atoms with Crippen LogP contribution in [0.4, 0.5) is 0 Å². The fourth-order valence-electron chi connectivity index (χ4n) is 1.88. The maximum atomic E-state index is 5.68. The van der Waals surface area contributed by atoms with Crippen molar-refractivity contribution in [3.63, 3.8) is 0 Å². The SMILES string of the molecule is C1=C[C@]23COC=C2C[C@H]1O3. The van der Waals surface area contributed by atoms with E-state index in [1.165, 1.54) is 5.57 Å². The molecule has 1 fully saturated rings. The fourth-order valence-corrected chi connectivity index (χ4v) is 1.88. The van der Waals surface area contributed by atoms with Gasteiger partial charge in [0.1, 0.15) is 12.2 Å². The van der Waals surface area contributed by atoms with Crippen molar-refractivity contribution < 1.29 is 9.47 Å². The summed E-state index contributed by atoms with van der Waals surface area (Å²) in [4.78, 5) is 0. The molecule has 0 aromatic rings. The molecule has 2 nitrogen and oxygen atoms in total. The smallest absolute Gasteiger partial charge is 0.145 e. The number of ether oxygens (including phenoxy) is 2. The molecule has 0 saturated carbocycles. The Kier molecular flexibility index (Phi) is 0.645. The molecular formula is C8H8O2. The minimum Gasteiger partial charge on any atom is -0.497 e. The van der Waals surface area contributed by atoms with Crippen molar-refractivity contribution >= 4 is 0 Å². The lowest BCUT2D eigenvalue weighted by atomic mass is 9.92. The van der Waals surface area contributed by atoms with Crippen molar-refractivity contribution in [2.45, 2.75) is 18.1 Å². The van der Waals surface area contributed by atoms with E-state index in [-0.39, 0.29) is 5.60 Å². The van der Waals surface area contributed by atoms with Gasteiger partial charge in [-0.15, -0.1) is 0 Å². The molecule has 0 radical (unpaired) electrons. The average molecular weight is 136 g/mol. The topological polar surface area (TPSA) is 18.5 Å². The van der Waals surface area contributed by atoms with Crippen LogP contribution in [0, 0.1) is 0 Å². The maximum absolute atomic E-state index is 5.68. The summed E-state index contributed by atoms with van der Waals surface area (Å²) in [6.07, 6.45) is 7.49. The third-order valence-electron chi connectivity index (χ3n) is 2.43. The lowest BCUT2D eigenvalue weighted by Crippen LogP contribution is -2.26. The zero-order valence-electron chi connectivity index (χ0n) is 5.54. The lowest BCUT2D eigenvalue weighted by Gasteiger charge is -2.15. The summed E-state index contributed by atoms with van der Waals surface area (Å²) < 4.78 is 10.9. The van der Waals surface area contributed by atoms with Crippen molar-refractivity contribution in [3.05, 3.63) is 24.0 Å². The zero-order chi connectivity index (χ0) is 6.60. The first kappa shape index (κ1) is 4.97. The predicted molar refractivity (Wildman–Crippen MR) is 35.4 cm³/mol. The van der Waals surface area contributed by atoms with E-state index in [1.54, 1.807) is 0 Å². The average Bonchev–Trinajstić information content (AvgIpc) is 2.48. The second kappa shape index (κ2) is 1.30. The van der Waals surface area contributed by atoms with Crippen LogP contribution in [0.1, 0.15) is 6.42 Å². The van der Waals surface area contributed by atoms with E-state index in [2.05, 4.69) is 12.2 Å². The molecule has 0 aliphatic carbocycles. The Hall–Kier alpha value is -0.760. The summed E-state index contributed by atoms with van der Waals surface area (Å²) in [5.41, 5.74) is 1.20. The van der Waals surface area contributed by atoms with Crippen molar-refractivity contribution in [3.8, 4) is 0 Å². The van der Waals surface area contributed by atoms with E-state index in [4.69, 9.17) is 9.47 Å². The number of rotatable bonds is 0. The lowest BCUT2D eigenvalue weighted by molar-refractivity contribution is 0.0160. The highest BCUT2D eigenvalue weighted by molar-refractivity contribution is 5.38. The molecule has 0 unspecified atom stereocenters. The van der Waals surface area contributed by atoms with Gasteiger partial charge in [-0.05, 0) is 6.08 Å². The highest BCUT2D eigenvalue weighted by Gasteiger charge is 2.49. The van der Waals surface area contributed by atoms with Gasteiger partial charge in [-0.25, -0.2) is 0 Å². The third-order valence-corrected chi connectivity index (χ3v) is 2.43. The highest BCUT2D eigenvalue weighted by atomic mass is 16.6. The quantitative estimate of drug-likeness (QED) is 0.462. The Morgan fingerprint density at radius 2 is 2.60 bits per heavy atom. The van der Waals surface area contributed by atoms with E-state index < -0.39 is 0 Å². The molecule has 0 aromatic carbocycles. The van der Waals surface area contributed by atoms with Gasteiger partial charge >= 0.3 is 0 Å². The van der Waals surface area contributed by atoms with Crippen LogP contribution in [0.25, 0.3) is 0 Å². The Morgan fingerprint density at radius 1 is 1.60 bits per heavy atom. The van der Waals surface area contributed by atoms with Crippen molar-refractivity contribution in [1.29, 1.82) is 0 Å². The molecule has 2 heteroatoms. The first-order valence-corrected chi connectivity index (χ1v) is 3.57. The molecule has 1 saturated heterocycles. The van der Waals surface area contributed by atoms with Gasteiger partial charge in [0, 0.05) is 12.0 Å². The van der Waals surface area contributed by atoms with Crippen LogP contribution in [0.3, 0.4) is 0 Å². The molecule has 2 atom stereocenters. The minimum absolute atomic E-state index is 0.120. The third kappa shape index (κ3) is 0.380. The molecule has 0 amide bonds. The molecule has 3 aliphatic heterocycles. The van der Waals surface area contributed by atoms with Gasteiger partial charge in [0.15, 0.2) is 0 Å². The van der Waals surface area contributed by atoms with Crippen LogP contribution in [0.2, 0.25) is 0 Å². The Morgan fingerprint density at radius 3 is 3.40 bits per heavy atom. The van der Waals surface area contributed by atoms with Crippen LogP contribution >= 0.6 is 0 Å². The molecule has 1 spiro atoms. The molecule has 0 aromatic heterocycles. The molecule has 52 valence electrons. The first-order valence-electron chi connectivity index (χ1n) is 3.57. The molecular weight excluding hydrogens is 128 g/mol. The molecule has 3 rings (SSSR count). The van der Waals surface area contributed by atoms with Crippen molar-refractivity contribution in [2.75, 3.05) is 6.61 Å². The molecule has 3 heterocycles. The van der Waals surface area contributed by atoms with Crippen LogP contribution in [0.15, 0.2) is 24.0 Å². The highest BCUT2D eigenvalue weighted by Crippen LogP contribution is 2.45.